The predicted octanol–water partition coefficient (Wildman–Crippen LogP) is 1.93. The Morgan fingerprint density at radius 3 is 2.23 bits per heavy atom. The maximum absolute atomic E-state index is 12.1. The maximum Gasteiger partial charge on any atom is 0.310 e. The third kappa shape index (κ3) is 4.07. The summed E-state index contributed by atoms with van der Waals surface area (Å²) in [6.45, 7) is 5.24. The second kappa shape index (κ2) is 6.48. The van der Waals surface area contributed by atoms with Crippen molar-refractivity contribution in [3.05, 3.63) is 35.9 Å². The lowest BCUT2D eigenvalue weighted by Crippen LogP contribution is -2.26. The molecule has 3 atom stereocenters. The fourth-order valence-corrected chi connectivity index (χ4v) is 2.44. The third-order valence-electron chi connectivity index (χ3n) is 3.55. The van der Waals surface area contributed by atoms with E-state index >= 15 is 0 Å². The van der Waals surface area contributed by atoms with Gasteiger partial charge in [-0.15, -0.1) is 0 Å². The van der Waals surface area contributed by atoms with E-state index in [1.165, 1.54) is 0 Å². The summed E-state index contributed by atoms with van der Waals surface area (Å²) in [6.07, 6.45) is 0. The van der Waals surface area contributed by atoms with Gasteiger partial charge in [-0.2, -0.15) is 0 Å². The van der Waals surface area contributed by atoms with Crippen LogP contribution < -0.4 is 0 Å². The van der Waals surface area contributed by atoms with Crippen LogP contribution in [-0.4, -0.2) is 29.3 Å². The van der Waals surface area contributed by atoms with Crippen molar-refractivity contribution in [3.8, 4) is 0 Å². The SMILES string of the molecule is CC(C)(C)OC(=O)[C@@H]1[C@@H](CO)[C@H]1C(=O)OCc1ccccc1. The van der Waals surface area contributed by atoms with Crippen molar-refractivity contribution in [3.63, 3.8) is 0 Å². The van der Waals surface area contributed by atoms with Gasteiger partial charge in [0.25, 0.3) is 0 Å². The van der Waals surface area contributed by atoms with Crippen molar-refractivity contribution in [2.75, 3.05) is 6.61 Å². The third-order valence-corrected chi connectivity index (χ3v) is 3.55. The molecule has 1 saturated carbocycles. The molecular formula is C17H22O5. The van der Waals surface area contributed by atoms with E-state index in [2.05, 4.69) is 0 Å². The van der Waals surface area contributed by atoms with Gasteiger partial charge in [-0.1, -0.05) is 30.3 Å². The highest BCUT2D eigenvalue weighted by Gasteiger charge is 2.61. The Balaban J connectivity index is 1.91. The fraction of sp³-hybridized carbons (Fsp3) is 0.529. The van der Waals surface area contributed by atoms with Gasteiger partial charge < -0.3 is 14.6 Å². The Morgan fingerprint density at radius 1 is 1.09 bits per heavy atom. The lowest BCUT2D eigenvalue weighted by atomic mass is 10.2. The minimum atomic E-state index is -0.613. The van der Waals surface area contributed by atoms with Gasteiger partial charge in [-0.05, 0) is 26.3 Å². The van der Waals surface area contributed by atoms with E-state index in [-0.39, 0.29) is 13.2 Å². The molecule has 1 aromatic carbocycles. The standard InChI is InChI=1S/C17H22O5/c1-17(2,3)22-16(20)14-12(9-18)13(14)15(19)21-10-11-7-5-4-6-8-11/h4-8,12-14,18H,9-10H2,1-3H3/t12-,13+,14+/m0/s1. The highest BCUT2D eigenvalue weighted by atomic mass is 16.6. The first-order valence-electron chi connectivity index (χ1n) is 7.38. The largest absolute Gasteiger partial charge is 0.461 e. The van der Waals surface area contributed by atoms with Crippen LogP contribution in [0.2, 0.25) is 0 Å². The molecular weight excluding hydrogens is 284 g/mol. The summed E-state index contributed by atoms with van der Waals surface area (Å²) in [6, 6.07) is 9.32. The number of aliphatic hydroxyl groups excluding tert-OH is 1. The molecule has 0 radical (unpaired) electrons. The first kappa shape index (κ1) is 16.5. The molecule has 0 unspecified atom stereocenters. The minimum Gasteiger partial charge on any atom is -0.461 e. The zero-order chi connectivity index (χ0) is 16.3. The predicted molar refractivity (Wildman–Crippen MR) is 79.6 cm³/mol. The quantitative estimate of drug-likeness (QED) is 0.842. The Morgan fingerprint density at radius 2 is 1.68 bits per heavy atom. The second-order valence-electron chi connectivity index (χ2n) is 6.52. The molecule has 2 rings (SSSR count). The zero-order valence-electron chi connectivity index (χ0n) is 13.1. The number of benzene rings is 1. The van der Waals surface area contributed by atoms with Crippen LogP contribution in [0.4, 0.5) is 0 Å². The first-order chi connectivity index (χ1) is 10.3. The Kier molecular flexibility index (Phi) is 4.86. The van der Waals surface area contributed by atoms with Gasteiger partial charge in [-0.3, -0.25) is 9.59 Å². The van der Waals surface area contributed by atoms with Gasteiger partial charge in [0.15, 0.2) is 0 Å². The molecule has 0 amide bonds. The van der Waals surface area contributed by atoms with Gasteiger partial charge in [0.05, 0.1) is 11.8 Å². The van der Waals surface area contributed by atoms with Crippen LogP contribution in [0.3, 0.4) is 0 Å². The van der Waals surface area contributed by atoms with Gasteiger partial charge in [-0.25, -0.2) is 0 Å². The molecule has 120 valence electrons. The van der Waals surface area contributed by atoms with Gasteiger partial charge >= 0.3 is 11.9 Å². The monoisotopic (exact) mass is 306 g/mol. The molecule has 5 heteroatoms. The van der Waals surface area contributed by atoms with Crippen LogP contribution >= 0.6 is 0 Å². The number of hydrogen-bond acceptors (Lipinski definition) is 5. The first-order valence-corrected chi connectivity index (χ1v) is 7.38. The molecule has 0 spiro atoms. The Labute approximate surface area is 130 Å². The molecule has 0 aromatic heterocycles. The van der Waals surface area contributed by atoms with E-state index in [1.807, 2.05) is 30.3 Å². The van der Waals surface area contributed by atoms with Crippen LogP contribution in [-0.2, 0) is 25.7 Å². The van der Waals surface area contributed by atoms with E-state index < -0.39 is 35.3 Å². The van der Waals surface area contributed by atoms with E-state index in [1.54, 1.807) is 20.8 Å². The van der Waals surface area contributed by atoms with Crippen molar-refractivity contribution in [2.45, 2.75) is 33.0 Å². The summed E-state index contributed by atoms with van der Waals surface area (Å²) >= 11 is 0. The summed E-state index contributed by atoms with van der Waals surface area (Å²) in [4.78, 5) is 24.1. The summed E-state index contributed by atoms with van der Waals surface area (Å²) in [5.74, 6) is -2.53. The van der Waals surface area contributed by atoms with Crippen LogP contribution in [0.1, 0.15) is 26.3 Å². The number of aliphatic hydroxyl groups is 1. The molecule has 1 fully saturated rings. The molecule has 1 aliphatic rings. The van der Waals surface area contributed by atoms with Gasteiger partial charge in [0.2, 0.25) is 0 Å². The molecule has 0 saturated heterocycles. The van der Waals surface area contributed by atoms with Crippen molar-refractivity contribution in [2.24, 2.45) is 17.8 Å². The van der Waals surface area contributed by atoms with E-state index in [9.17, 15) is 14.7 Å². The summed E-state index contributed by atoms with van der Waals surface area (Å²) in [5, 5.41) is 9.31. The minimum absolute atomic E-state index is 0.162. The summed E-state index contributed by atoms with van der Waals surface area (Å²) in [5.41, 5.74) is 0.268. The Hall–Kier alpha value is -1.88. The number of hydrogen-bond donors (Lipinski definition) is 1. The molecule has 1 aromatic rings. The fourth-order valence-electron chi connectivity index (χ4n) is 2.44. The number of carbonyl (C=O) groups excluding carboxylic acids is 2. The number of ether oxygens (including phenoxy) is 2. The lowest BCUT2D eigenvalue weighted by molar-refractivity contribution is -0.159. The average Bonchev–Trinajstić information content (AvgIpc) is 3.18. The van der Waals surface area contributed by atoms with Crippen molar-refractivity contribution >= 4 is 11.9 Å². The van der Waals surface area contributed by atoms with E-state index in [0.29, 0.717) is 0 Å². The van der Waals surface area contributed by atoms with E-state index in [4.69, 9.17) is 9.47 Å². The lowest BCUT2D eigenvalue weighted by Gasteiger charge is -2.19. The van der Waals surface area contributed by atoms with E-state index in [0.717, 1.165) is 5.56 Å². The average molecular weight is 306 g/mol. The van der Waals surface area contributed by atoms with Crippen LogP contribution in [0.15, 0.2) is 30.3 Å². The molecule has 0 aliphatic heterocycles. The molecule has 0 heterocycles. The molecule has 22 heavy (non-hydrogen) atoms. The van der Waals surface area contributed by atoms with Crippen LogP contribution in [0.5, 0.6) is 0 Å². The number of esters is 2. The molecule has 5 nitrogen and oxygen atoms in total. The maximum atomic E-state index is 12.1. The highest BCUT2D eigenvalue weighted by Crippen LogP contribution is 2.48. The number of carbonyl (C=O) groups is 2. The van der Waals surface area contributed by atoms with Crippen LogP contribution in [0, 0.1) is 17.8 Å². The van der Waals surface area contributed by atoms with Crippen molar-refractivity contribution in [1.29, 1.82) is 0 Å². The summed E-state index contributed by atoms with van der Waals surface area (Å²) in [7, 11) is 0. The smallest absolute Gasteiger partial charge is 0.310 e. The number of rotatable bonds is 5. The normalized spacial score (nSPS) is 23.7. The Bertz CT molecular complexity index is 532. The molecule has 0 bridgehead atoms. The van der Waals surface area contributed by atoms with Gasteiger partial charge in [0.1, 0.15) is 12.2 Å². The molecule has 1 aliphatic carbocycles. The van der Waals surface area contributed by atoms with Gasteiger partial charge in [0, 0.05) is 12.5 Å². The van der Waals surface area contributed by atoms with Crippen molar-refractivity contribution in [1.82, 2.24) is 0 Å². The van der Waals surface area contributed by atoms with Crippen LogP contribution in [0.25, 0.3) is 0 Å². The highest BCUT2D eigenvalue weighted by molar-refractivity contribution is 5.88. The molecule has 1 N–H and O–H groups in total. The zero-order valence-corrected chi connectivity index (χ0v) is 13.1. The van der Waals surface area contributed by atoms with Crippen molar-refractivity contribution < 1.29 is 24.2 Å². The second-order valence-corrected chi connectivity index (χ2v) is 6.52. The summed E-state index contributed by atoms with van der Waals surface area (Å²) < 4.78 is 10.5. The topological polar surface area (TPSA) is 72.8 Å².